The first kappa shape index (κ1) is 22.1. The molecule has 4 heterocycles. The predicted octanol–water partition coefficient (Wildman–Crippen LogP) is 3.20. The number of hydrogen-bond acceptors (Lipinski definition) is 8. The normalized spacial score (nSPS) is 20.9. The third-order valence-corrected chi connectivity index (χ3v) is 7.71. The van der Waals surface area contributed by atoms with Gasteiger partial charge in [-0.3, -0.25) is 14.5 Å². The number of ether oxygens (including phenoxy) is 2. The summed E-state index contributed by atoms with van der Waals surface area (Å²) in [6.07, 6.45) is -0.509. The lowest BCUT2D eigenvalue weighted by Gasteiger charge is -2.23. The molecule has 4 rings (SSSR count). The van der Waals surface area contributed by atoms with E-state index in [0.29, 0.717) is 14.1 Å². The third-order valence-electron chi connectivity index (χ3n) is 5.33. The standard InChI is InChI=1S/C20H22ClN3O5S2/c1-23-6-5-11-7-14(30-15(11)10-23)19(26)24-9-12(8-17(24)29-20(27)28-2)22-18(25)13-3-4-16(21)31-13/h3-4,7,12,17H,5-6,8-10H2,1-2H3,(H,22,25)/t12-,17+/m1/s1. The van der Waals surface area contributed by atoms with Crippen LogP contribution in [0, 0.1) is 0 Å². The van der Waals surface area contributed by atoms with Crippen LogP contribution >= 0.6 is 34.3 Å². The van der Waals surface area contributed by atoms with E-state index in [2.05, 4.69) is 22.0 Å². The fourth-order valence-electron chi connectivity index (χ4n) is 3.78. The lowest BCUT2D eigenvalue weighted by atomic mass is 10.1. The van der Waals surface area contributed by atoms with Crippen LogP contribution in [0.5, 0.6) is 0 Å². The Morgan fingerprint density at radius 1 is 1.23 bits per heavy atom. The highest BCUT2D eigenvalue weighted by molar-refractivity contribution is 7.18. The number of amides is 2. The van der Waals surface area contributed by atoms with Gasteiger partial charge < -0.3 is 19.7 Å². The average molecular weight is 484 g/mol. The van der Waals surface area contributed by atoms with Crippen molar-refractivity contribution < 1.29 is 23.9 Å². The number of nitrogens with one attached hydrogen (secondary N) is 1. The average Bonchev–Trinajstić information content (AvgIpc) is 3.45. The molecule has 0 radical (unpaired) electrons. The Balaban J connectivity index is 1.50. The molecule has 166 valence electrons. The van der Waals surface area contributed by atoms with E-state index in [0.717, 1.165) is 19.5 Å². The van der Waals surface area contributed by atoms with Crippen molar-refractivity contribution in [2.75, 3.05) is 27.2 Å². The van der Waals surface area contributed by atoms with Crippen molar-refractivity contribution in [3.8, 4) is 0 Å². The molecule has 1 saturated heterocycles. The fourth-order valence-corrected chi connectivity index (χ4v) is 5.97. The smallest absolute Gasteiger partial charge is 0.438 e. The van der Waals surface area contributed by atoms with Gasteiger partial charge in [0, 0.05) is 30.9 Å². The van der Waals surface area contributed by atoms with Crippen LogP contribution in [0.2, 0.25) is 4.34 Å². The molecule has 2 aliphatic heterocycles. The molecule has 0 unspecified atom stereocenters. The second-order valence-electron chi connectivity index (χ2n) is 7.54. The highest BCUT2D eigenvalue weighted by Gasteiger charge is 2.40. The van der Waals surface area contributed by atoms with Gasteiger partial charge in [0.1, 0.15) is 0 Å². The summed E-state index contributed by atoms with van der Waals surface area (Å²) < 4.78 is 10.5. The molecule has 0 aliphatic carbocycles. The first-order chi connectivity index (χ1) is 14.8. The van der Waals surface area contributed by atoms with Gasteiger partial charge in [0.15, 0.2) is 6.23 Å². The van der Waals surface area contributed by atoms with Crippen LogP contribution in [-0.4, -0.2) is 67.3 Å². The SMILES string of the molecule is COC(=O)O[C@H]1C[C@@H](NC(=O)c2ccc(Cl)s2)CN1C(=O)c1cc2c(s1)CN(C)CC2. The van der Waals surface area contributed by atoms with Gasteiger partial charge in [0.2, 0.25) is 0 Å². The monoisotopic (exact) mass is 483 g/mol. The van der Waals surface area contributed by atoms with E-state index in [-0.39, 0.29) is 30.8 Å². The van der Waals surface area contributed by atoms with Crippen LogP contribution in [0.1, 0.15) is 36.2 Å². The van der Waals surface area contributed by atoms with E-state index < -0.39 is 12.4 Å². The van der Waals surface area contributed by atoms with Crippen LogP contribution in [0.3, 0.4) is 0 Å². The number of thiophene rings is 2. The molecular weight excluding hydrogens is 462 g/mol. The van der Waals surface area contributed by atoms with Gasteiger partial charge in [0.25, 0.3) is 11.8 Å². The minimum atomic E-state index is -0.869. The largest absolute Gasteiger partial charge is 0.509 e. The van der Waals surface area contributed by atoms with Gasteiger partial charge in [0.05, 0.1) is 27.2 Å². The summed E-state index contributed by atoms with van der Waals surface area (Å²) in [5, 5.41) is 2.90. The van der Waals surface area contributed by atoms with E-state index >= 15 is 0 Å². The summed E-state index contributed by atoms with van der Waals surface area (Å²) in [5.41, 5.74) is 1.19. The number of likely N-dealkylation sites (N-methyl/N-ethyl adjacent to an activating group) is 1. The zero-order valence-electron chi connectivity index (χ0n) is 17.1. The summed E-state index contributed by atoms with van der Waals surface area (Å²) in [7, 11) is 3.27. The third kappa shape index (κ3) is 4.87. The maximum atomic E-state index is 13.3. The van der Waals surface area contributed by atoms with Crippen LogP contribution in [0.15, 0.2) is 18.2 Å². The van der Waals surface area contributed by atoms with Gasteiger partial charge in [-0.05, 0) is 37.2 Å². The van der Waals surface area contributed by atoms with E-state index in [4.69, 9.17) is 16.3 Å². The second kappa shape index (κ2) is 9.15. The molecule has 2 aliphatic rings. The lowest BCUT2D eigenvalue weighted by Crippen LogP contribution is -2.40. The molecule has 0 saturated carbocycles. The van der Waals surface area contributed by atoms with Crippen molar-refractivity contribution in [1.82, 2.24) is 15.1 Å². The molecule has 0 bridgehead atoms. The Kier molecular flexibility index (Phi) is 6.52. The van der Waals surface area contributed by atoms with Gasteiger partial charge in [-0.25, -0.2) is 4.79 Å². The number of methoxy groups -OCH3 is 1. The van der Waals surface area contributed by atoms with E-state index in [1.54, 1.807) is 12.1 Å². The highest BCUT2D eigenvalue weighted by atomic mass is 35.5. The van der Waals surface area contributed by atoms with Gasteiger partial charge in [-0.2, -0.15) is 0 Å². The van der Waals surface area contributed by atoms with Crippen molar-refractivity contribution in [2.45, 2.75) is 31.7 Å². The Bertz CT molecular complexity index is 1010. The second-order valence-corrected chi connectivity index (χ2v) is 10.4. The predicted molar refractivity (Wildman–Crippen MR) is 118 cm³/mol. The molecule has 2 amide bonds. The fraction of sp³-hybridized carbons (Fsp3) is 0.450. The first-order valence-electron chi connectivity index (χ1n) is 9.76. The van der Waals surface area contributed by atoms with Gasteiger partial charge in [-0.1, -0.05) is 11.6 Å². The number of hydrogen-bond donors (Lipinski definition) is 1. The quantitative estimate of drug-likeness (QED) is 0.672. The molecule has 2 atom stereocenters. The van der Waals surface area contributed by atoms with Crippen molar-refractivity contribution in [3.63, 3.8) is 0 Å². The number of likely N-dealkylation sites (tertiary alicyclic amines) is 1. The van der Waals surface area contributed by atoms with E-state index in [1.165, 1.54) is 45.1 Å². The topological polar surface area (TPSA) is 88.2 Å². The summed E-state index contributed by atoms with van der Waals surface area (Å²) in [6, 6.07) is 4.87. The maximum Gasteiger partial charge on any atom is 0.509 e. The molecule has 1 fully saturated rings. The summed E-state index contributed by atoms with van der Waals surface area (Å²) in [5.74, 6) is -0.491. The minimum Gasteiger partial charge on any atom is -0.438 e. The molecule has 2 aromatic rings. The molecule has 1 N–H and O–H groups in total. The van der Waals surface area contributed by atoms with Crippen molar-refractivity contribution in [2.24, 2.45) is 0 Å². The zero-order chi connectivity index (χ0) is 22.1. The molecule has 11 heteroatoms. The number of carbonyl (C=O) groups is 3. The molecule has 8 nitrogen and oxygen atoms in total. The molecule has 2 aromatic heterocycles. The number of carbonyl (C=O) groups excluding carboxylic acids is 3. The minimum absolute atomic E-state index is 0.216. The number of halogens is 1. The van der Waals surface area contributed by atoms with E-state index in [1.807, 2.05) is 6.07 Å². The summed E-state index contributed by atoms with van der Waals surface area (Å²) in [4.78, 5) is 43.5. The molecule has 31 heavy (non-hydrogen) atoms. The molecular formula is C20H22ClN3O5S2. The van der Waals surface area contributed by atoms with Gasteiger partial charge in [-0.15, -0.1) is 22.7 Å². The summed E-state index contributed by atoms with van der Waals surface area (Å²) in [6.45, 7) is 2.00. The summed E-state index contributed by atoms with van der Waals surface area (Å²) >= 11 is 8.56. The zero-order valence-corrected chi connectivity index (χ0v) is 19.4. The van der Waals surface area contributed by atoms with Crippen molar-refractivity contribution >= 4 is 52.2 Å². The Labute approximate surface area is 192 Å². The first-order valence-corrected chi connectivity index (χ1v) is 11.8. The maximum absolute atomic E-state index is 13.3. The Hall–Kier alpha value is -2.14. The van der Waals surface area contributed by atoms with Crippen molar-refractivity contribution in [3.05, 3.63) is 42.7 Å². The van der Waals surface area contributed by atoms with Crippen LogP contribution in [0.4, 0.5) is 4.79 Å². The van der Waals surface area contributed by atoms with Crippen LogP contribution in [0.25, 0.3) is 0 Å². The number of rotatable bonds is 4. The van der Waals surface area contributed by atoms with Crippen molar-refractivity contribution in [1.29, 1.82) is 0 Å². The number of fused-ring (bicyclic) bond motifs is 1. The van der Waals surface area contributed by atoms with Crippen LogP contribution < -0.4 is 5.32 Å². The molecule has 0 spiro atoms. The lowest BCUT2D eigenvalue weighted by molar-refractivity contribution is -0.0145. The van der Waals surface area contributed by atoms with Crippen LogP contribution in [-0.2, 0) is 22.4 Å². The highest BCUT2D eigenvalue weighted by Crippen LogP contribution is 2.31. The number of nitrogens with zero attached hydrogens (tertiary/aromatic N) is 2. The molecule has 0 aromatic carbocycles. The van der Waals surface area contributed by atoms with Gasteiger partial charge >= 0.3 is 6.16 Å². The van der Waals surface area contributed by atoms with E-state index in [9.17, 15) is 14.4 Å². The Morgan fingerprint density at radius 3 is 2.74 bits per heavy atom. The Morgan fingerprint density at radius 2 is 2.03 bits per heavy atom.